The minimum atomic E-state index is 0.0250. The molecule has 6 nitrogen and oxygen atoms in total. The third kappa shape index (κ3) is 3.40. The second-order valence-electron chi connectivity index (χ2n) is 6.64. The van der Waals surface area contributed by atoms with Gasteiger partial charge in [-0.05, 0) is 36.6 Å². The zero-order valence-electron chi connectivity index (χ0n) is 14.9. The number of amides is 1. The Kier molecular flexibility index (Phi) is 4.56. The minimum Gasteiger partial charge on any atom is -0.486 e. The Morgan fingerprint density at radius 2 is 2.04 bits per heavy atom. The van der Waals surface area contributed by atoms with E-state index in [0.29, 0.717) is 12.3 Å². The molecule has 6 heteroatoms. The van der Waals surface area contributed by atoms with Crippen molar-refractivity contribution in [2.24, 2.45) is 12.0 Å². The lowest BCUT2D eigenvalue weighted by molar-refractivity contribution is -0.122. The maximum Gasteiger partial charge on any atom is 0.277 e. The number of aryl methyl sites for hydroxylation is 1. The number of aromatic nitrogens is 2. The summed E-state index contributed by atoms with van der Waals surface area (Å²) in [5, 5.41) is 0. The number of rotatable bonds is 4. The maximum atomic E-state index is 12.5. The van der Waals surface area contributed by atoms with E-state index >= 15 is 0 Å². The molecule has 1 aromatic heterocycles. The van der Waals surface area contributed by atoms with Gasteiger partial charge in [0.05, 0.1) is 0 Å². The van der Waals surface area contributed by atoms with Crippen molar-refractivity contribution in [1.82, 2.24) is 14.5 Å². The molecule has 2 aliphatic heterocycles. The van der Waals surface area contributed by atoms with Gasteiger partial charge in [-0.15, -0.1) is 0 Å². The van der Waals surface area contributed by atoms with E-state index in [1.807, 2.05) is 53.1 Å². The van der Waals surface area contributed by atoms with Gasteiger partial charge in [-0.3, -0.25) is 9.69 Å². The summed E-state index contributed by atoms with van der Waals surface area (Å²) in [4.78, 5) is 23.2. The Morgan fingerprint density at radius 3 is 2.81 bits per heavy atom. The third-order valence-corrected chi connectivity index (χ3v) is 4.78. The highest BCUT2D eigenvalue weighted by atomic mass is 16.5. The lowest BCUT2D eigenvalue weighted by atomic mass is 10.2. The highest BCUT2D eigenvalue weighted by Crippen LogP contribution is 2.24. The van der Waals surface area contributed by atoms with Gasteiger partial charge in [0.15, 0.2) is 0 Å². The van der Waals surface area contributed by atoms with Crippen molar-refractivity contribution in [1.29, 1.82) is 0 Å². The van der Waals surface area contributed by atoms with Crippen LogP contribution in [0.3, 0.4) is 0 Å². The van der Waals surface area contributed by atoms with Crippen molar-refractivity contribution in [3.05, 3.63) is 53.7 Å². The maximum absolute atomic E-state index is 12.5. The van der Waals surface area contributed by atoms with Gasteiger partial charge in [0.2, 0.25) is 0 Å². The molecule has 2 aliphatic rings. The fraction of sp³-hybridized carbons (Fsp3) is 0.350. The van der Waals surface area contributed by atoms with E-state index in [9.17, 15) is 4.79 Å². The normalized spacial score (nSPS) is 18.7. The lowest BCUT2D eigenvalue weighted by Crippen LogP contribution is -2.31. The molecule has 1 amide bonds. The summed E-state index contributed by atoms with van der Waals surface area (Å²) in [5.74, 6) is 2.59. The number of amidine groups is 1. The monoisotopic (exact) mass is 350 g/mol. The van der Waals surface area contributed by atoms with Crippen molar-refractivity contribution >= 4 is 17.8 Å². The average Bonchev–Trinajstić information content (AvgIpc) is 3.08. The van der Waals surface area contributed by atoms with Gasteiger partial charge < -0.3 is 9.30 Å². The van der Waals surface area contributed by atoms with Crippen molar-refractivity contribution < 1.29 is 9.53 Å². The molecule has 0 atom stereocenters. The summed E-state index contributed by atoms with van der Waals surface area (Å²) >= 11 is 0. The molecule has 4 rings (SSSR count). The summed E-state index contributed by atoms with van der Waals surface area (Å²) < 4.78 is 7.69. The van der Waals surface area contributed by atoms with Gasteiger partial charge in [0, 0.05) is 32.4 Å². The highest BCUT2D eigenvalue weighted by molar-refractivity contribution is 6.14. The summed E-state index contributed by atoms with van der Waals surface area (Å²) in [6.45, 7) is 1.21. The van der Waals surface area contributed by atoms with E-state index in [0.717, 1.165) is 48.8 Å². The SMILES string of the molecule is Cn1ccnc1COc1ccc(C=C2N=C3CCCCCN3C2=O)cc1. The minimum absolute atomic E-state index is 0.0250. The van der Waals surface area contributed by atoms with Crippen LogP contribution in [-0.4, -0.2) is 32.7 Å². The van der Waals surface area contributed by atoms with E-state index in [1.54, 1.807) is 6.20 Å². The summed E-state index contributed by atoms with van der Waals surface area (Å²) in [7, 11) is 1.94. The average molecular weight is 350 g/mol. The standard InChI is InChI=1S/C20H22N4O2/c1-23-12-10-21-19(23)14-26-16-8-6-15(7-9-16)13-17-20(25)24-11-4-2-3-5-18(24)22-17/h6-10,12-13H,2-5,11,14H2,1H3. The van der Waals surface area contributed by atoms with Crippen LogP contribution in [0, 0.1) is 0 Å². The fourth-order valence-electron chi connectivity index (χ4n) is 3.25. The van der Waals surface area contributed by atoms with Gasteiger partial charge in [0.1, 0.15) is 29.7 Å². The number of hydrogen-bond donors (Lipinski definition) is 0. The predicted molar refractivity (Wildman–Crippen MR) is 99.6 cm³/mol. The number of carbonyl (C=O) groups is 1. The first-order valence-electron chi connectivity index (χ1n) is 9.01. The molecule has 0 saturated carbocycles. The highest BCUT2D eigenvalue weighted by Gasteiger charge is 2.30. The Labute approximate surface area is 152 Å². The number of hydrogen-bond acceptors (Lipinski definition) is 4. The molecule has 26 heavy (non-hydrogen) atoms. The van der Waals surface area contributed by atoms with Crippen molar-refractivity contribution in [2.45, 2.75) is 32.3 Å². The molecule has 1 fully saturated rings. The summed E-state index contributed by atoms with van der Waals surface area (Å²) in [5.41, 5.74) is 1.48. The fourth-order valence-corrected chi connectivity index (χ4v) is 3.25. The van der Waals surface area contributed by atoms with Crippen LogP contribution in [0.4, 0.5) is 0 Å². The summed E-state index contributed by atoms with van der Waals surface area (Å²) in [6, 6.07) is 7.69. The predicted octanol–water partition coefficient (Wildman–Crippen LogP) is 3.15. The van der Waals surface area contributed by atoms with E-state index in [2.05, 4.69) is 9.98 Å². The van der Waals surface area contributed by atoms with Crippen LogP contribution >= 0.6 is 0 Å². The largest absolute Gasteiger partial charge is 0.486 e. The molecule has 0 bridgehead atoms. The molecule has 0 N–H and O–H groups in total. The molecule has 134 valence electrons. The van der Waals surface area contributed by atoms with E-state index in [-0.39, 0.29) is 5.91 Å². The molecular formula is C20H22N4O2. The number of fused-ring (bicyclic) bond motifs is 1. The van der Waals surface area contributed by atoms with Gasteiger partial charge in [0.25, 0.3) is 5.91 Å². The first-order valence-corrected chi connectivity index (χ1v) is 9.01. The van der Waals surface area contributed by atoms with Crippen LogP contribution in [0.15, 0.2) is 47.3 Å². The van der Waals surface area contributed by atoms with Gasteiger partial charge in [-0.25, -0.2) is 9.98 Å². The molecule has 1 aromatic carbocycles. The smallest absolute Gasteiger partial charge is 0.277 e. The van der Waals surface area contributed by atoms with Crippen LogP contribution in [0.5, 0.6) is 5.75 Å². The van der Waals surface area contributed by atoms with Crippen LogP contribution in [0.25, 0.3) is 6.08 Å². The van der Waals surface area contributed by atoms with Crippen molar-refractivity contribution in [3.63, 3.8) is 0 Å². The topological polar surface area (TPSA) is 59.7 Å². The molecule has 0 aliphatic carbocycles. The summed E-state index contributed by atoms with van der Waals surface area (Å²) in [6.07, 6.45) is 9.72. The third-order valence-electron chi connectivity index (χ3n) is 4.78. The second kappa shape index (κ2) is 7.15. The quantitative estimate of drug-likeness (QED) is 0.796. The number of imidazole rings is 1. The first kappa shape index (κ1) is 16.6. The van der Waals surface area contributed by atoms with Gasteiger partial charge in [-0.2, -0.15) is 0 Å². The van der Waals surface area contributed by atoms with Crippen molar-refractivity contribution in [3.8, 4) is 5.75 Å². The zero-order valence-corrected chi connectivity index (χ0v) is 14.9. The van der Waals surface area contributed by atoms with E-state index < -0.39 is 0 Å². The molecule has 1 saturated heterocycles. The Morgan fingerprint density at radius 1 is 1.19 bits per heavy atom. The Balaban J connectivity index is 1.44. The second-order valence-corrected chi connectivity index (χ2v) is 6.64. The van der Waals surface area contributed by atoms with Crippen LogP contribution in [-0.2, 0) is 18.4 Å². The van der Waals surface area contributed by atoms with Crippen molar-refractivity contribution in [2.75, 3.05) is 6.54 Å². The molecule has 0 radical (unpaired) electrons. The number of ether oxygens (including phenoxy) is 1. The molecular weight excluding hydrogens is 328 g/mol. The molecule has 0 spiro atoms. The Bertz CT molecular complexity index is 864. The first-order chi connectivity index (χ1) is 12.7. The van der Waals surface area contributed by atoms with Gasteiger partial charge in [-0.1, -0.05) is 18.6 Å². The Hall–Kier alpha value is -2.89. The van der Waals surface area contributed by atoms with Crippen LogP contribution in [0.2, 0.25) is 0 Å². The van der Waals surface area contributed by atoms with E-state index in [4.69, 9.17) is 4.74 Å². The number of benzene rings is 1. The number of nitrogens with zero attached hydrogens (tertiary/aromatic N) is 4. The number of aliphatic imine (C=N–C) groups is 1. The molecule has 0 unspecified atom stereocenters. The number of carbonyl (C=O) groups excluding carboxylic acids is 1. The molecule has 3 heterocycles. The zero-order chi connectivity index (χ0) is 17.9. The lowest BCUT2D eigenvalue weighted by Gasteiger charge is -2.14. The van der Waals surface area contributed by atoms with Crippen LogP contribution < -0.4 is 4.74 Å². The van der Waals surface area contributed by atoms with Crippen LogP contribution in [0.1, 0.15) is 37.1 Å². The molecule has 2 aromatic rings. The van der Waals surface area contributed by atoms with E-state index in [1.165, 1.54) is 6.42 Å². The van der Waals surface area contributed by atoms with Gasteiger partial charge >= 0.3 is 0 Å².